The van der Waals surface area contributed by atoms with E-state index in [-0.39, 0.29) is 0 Å². The van der Waals surface area contributed by atoms with Gasteiger partial charge in [0, 0.05) is 12.1 Å². The van der Waals surface area contributed by atoms with Crippen LogP contribution in [-0.2, 0) is 10.0 Å². The first-order valence-electron chi connectivity index (χ1n) is 10.2. The van der Waals surface area contributed by atoms with Crippen molar-refractivity contribution in [2.45, 2.75) is 58.4 Å². The summed E-state index contributed by atoms with van der Waals surface area (Å²) in [6, 6.07) is 9.41. The molecule has 0 radical (unpaired) electrons. The van der Waals surface area contributed by atoms with Crippen LogP contribution in [0.3, 0.4) is 0 Å². The van der Waals surface area contributed by atoms with Crippen molar-refractivity contribution >= 4 is 10.0 Å². The minimum absolute atomic E-state index is 0.356. The van der Waals surface area contributed by atoms with Crippen molar-refractivity contribution in [3.8, 4) is 11.4 Å². The first-order chi connectivity index (χ1) is 14.2. The maximum absolute atomic E-state index is 13.7. The van der Waals surface area contributed by atoms with Gasteiger partial charge in [0.25, 0.3) is 0 Å². The average molecular weight is 426 g/mol. The molecule has 0 N–H and O–H groups in total. The van der Waals surface area contributed by atoms with Crippen LogP contribution in [0.1, 0.15) is 52.6 Å². The molecule has 0 saturated carbocycles. The molecule has 0 aliphatic carbocycles. The SMILES string of the molecule is Cc1ccccc1-c1noc(C2CCCN2S(=O)(=O)c2c(C)c(C)cc(C)c2C)n1. The van der Waals surface area contributed by atoms with Crippen molar-refractivity contribution in [1.29, 1.82) is 0 Å². The molecule has 2 aromatic carbocycles. The number of sulfonamides is 1. The Hall–Kier alpha value is -2.51. The van der Waals surface area contributed by atoms with E-state index in [4.69, 9.17) is 4.52 Å². The Kier molecular flexibility index (Phi) is 5.28. The molecule has 1 saturated heterocycles. The predicted molar refractivity (Wildman–Crippen MR) is 116 cm³/mol. The van der Waals surface area contributed by atoms with E-state index >= 15 is 0 Å². The molecule has 1 atom stereocenters. The van der Waals surface area contributed by atoms with Gasteiger partial charge in [-0.15, -0.1) is 0 Å². The maximum atomic E-state index is 13.7. The molecule has 30 heavy (non-hydrogen) atoms. The van der Waals surface area contributed by atoms with Crippen LogP contribution < -0.4 is 0 Å². The molecule has 1 aliphatic heterocycles. The molecule has 1 aromatic heterocycles. The van der Waals surface area contributed by atoms with Crippen molar-refractivity contribution in [2.75, 3.05) is 6.54 Å². The fraction of sp³-hybridized carbons (Fsp3) is 0.391. The number of hydrogen-bond acceptors (Lipinski definition) is 5. The molecule has 158 valence electrons. The zero-order valence-corrected chi connectivity index (χ0v) is 18.9. The number of aryl methyl sites for hydroxylation is 3. The van der Waals surface area contributed by atoms with Gasteiger partial charge < -0.3 is 4.52 Å². The molecule has 0 spiro atoms. The molecule has 1 fully saturated rings. The second kappa shape index (κ2) is 7.63. The monoisotopic (exact) mass is 425 g/mol. The Morgan fingerprint density at radius 3 is 2.33 bits per heavy atom. The lowest BCUT2D eigenvalue weighted by Crippen LogP contribution is -2.32. The summed E-state index contributed by atoms with van der Waals surface area (Å²) < 4.78 is 34.6. The highest BCUT2D eigenvalue weighted by molar-refractivity contribution is 7.89. The van der Waals surface area contributed by atoms with Crippen LogP contribution in [0.15, 0.2) is 39.8 Å². The van der Waals surface area contributed by atoms with Gasteiger partial charge in [-0.3, -0.25) is 0 Å². The van der Waals surface area contributed by atoms with Gasteiger partial charge in [0.2, 0.25) is 21.7 Å². The van der Waals surface area contributed by atoms with E-state index in [0.29, 0.717) is 29.6 Å². The van der Waals surface area contributed by atoms with Crippen LogP contribution in [0.2, 0.25) is 0 Å². The second-order valence-corrected chi connectivity index (χ2v) is 9.96. The minimum atomic E-state index is -3.70. The molecule has 6 nitrogen and oxygen atoms in total. The first-order valence-corrected chi connectivity index (χ1v) is 11.6. The molecular weight excluding hydrogens is 398 g/mol. The molecule has 1 aliphatic rings. The fourth-order valence-electron chi connectivity index (χ4n) is 4.26. The molecule has 4 rings (SSSR count). The van der Waals surface area contributed by atoms with Crippen molar-refractivity contribution < 1.29 is 12.9 Å². The zero-order valence-electron chi connectivity index (χ0n) is 18.1. The second-order valence-electron chi connectivity index (χ2n) is 8.13. The molecule has 1 unspecified atom stereocenters. The van der Waals surface area contributed by atoms with E-state index in [1.54, 1.807) is 0 Å². The highest BCUT2D eigenvalue weighted by Gasteiger charge is 2.41. The molecule has 7 heteroatoms. The van der Waals surface area contributed by atoms with E-state index in [2.05, 4.69) is 10.1 Å². The summed E-state index contributed by atoms with van der Waals surface area (Å²) in [5, 5.41) is 4.14. The Bertz CT molecular complexity index is 1190. The minimum Gasteiger partial charge on any atom is -0.337 e. The van der Waals surface area contributed by atoms with Crippen molar-refractivity contribution in [3.63, 3.8) is 0 Å². The van der Waals surface area contributed by atoms with Crippen LogP contribution in [0.4, 0.5) is 0 Å². The number of aromatic nitrogens is 2. The van der Waals surface area contributed by atoms with Crippen LogP contribution in [0, 0.1) is 34.6 Å². The summed E-state index contributed by atoms with van der Waals surface area (Å²) in [6.07, 6.45) is 1.42. The van der Waals surface area contributed by atoms with Gasteiger partial charge in [-0.1, -0.05) is 35.5 Å². The van der Waals surface area contributed by atoms with Crippen LogP contribution in [0.25, 0.3) is 11.4 Å². The van der Waals surface area contributed by atoms with E-state index in [9.17, 15) is 8.42 Å². The lowest BCUT2D eigenvalue weighted by Gasteiger charge is -2.25. The smallest absolute Gasteiger partial charge is 0.245 e. The van der Waals surface area contributed by atoms with Gasteiger partial charge >= 0.3 is 0 Å². The van der Waals surface area contributed by atoms with Gasteiger partial charge in [0.1, 0.15) is 6.04 Å². The summed E-state index contributed by atoms with van der Waals surface area (Å²) in [7, 11) is -3.70. The highest BCUT2D eigenvalue weighted by Crippen LogP contribution is 2.39. The third-order valence-electron chi connectivity index (χ3n) is 6.18. The standard InChI is InChI=1S/C23H27N3O3S/c1-14-9-6-7-10-19(14)22-24-23(29-25-22)20-11-8-12-26(20)30(27,28)21-17(4)15(2)13-16(3)18(21)5/h6-7,9-10,13,20H,8,11-12H2,1-5H3. The van der Waals surface area contributed by atoms with Crippen molar-refractivity contribution in [3.05, 3.63) is 64.0 Å². The highest BCUT2D eigenvalue weighted by atomic mass is 32.2. The normalized spacial score (nSPS) is 17.6. The number of nitrogens with zero attached hydrogens (tertiary/aromatic N) is 3. The summed E-state index contributed by atoms with van der Waals surface area (Å²) >= 11 is 0. The van der Waals surface area contributed by atoms with Crippen LogP contribution >= 0.6 is 0 Å². The van der Waals surface area contributed by atoms with Crippen molar-refractivity contribution in [2.24, 2.45) is 0 Å². The predicted octanol–water partition coefficient (Wildman–Crippen LogP) is 4.80. The zero-order chi connectivity index (χ0) is 21.6. The summed E-state index contributed by atoms with van der Waals surface area (Å²) in [5.74, 6) is 0.847. The lowest BCUT2D eigenvalue weighted by molar-refractivity contribution is 0.290. The Morgan fingerprint density at radius 2 is 1.67 bits per heavy atom. The lowest BCUT2D eigenvalue weighted by atomic mass is 10.0. The molecule has 0 bridgehead atoms. The van der Waals surface area contributed by atoms with Gasteiger partial charge in [-0.25, -0.2) is 8.42 Å². The summed E-state index contributed by atoms with van der Waals surface area (Å²) in [4.78, 5) is 4.98. The van der Waals surface area contributed by atoms with Crippen LogP contribution in [0.5, 0.6) is 0 Å². The maximum Gasteiger partial charge on any atom is 0.245 e. The molecule has 2 heterocycles. The van der Waals surface area contributed by atoms with Crippen LogP contribution in [-0.4, -0.2) is 29.4 Å². The number of rotatable bonds is 4. The van der Waals surface area contributed by atoms with Crippen molar-refractivity contribution in [1.82, 2.24) is 14.4 Å². The van der Waals surface area contributed by atoms with E-state index in [1.807, 2.05) is 65.0 Å². The summed E-state index contributed by atoms with van der Waals surface area (Å²) in [6.45, 7) is 10.1. The molecule has 0 amide bonds. The third-order valence-corrected chi connectivity index (χ3v) is 8.36. The fourth-order valence-corrected chi connectivity index (χ4v) is 6.49. The third kappa shape index (κ3) is 3.36. The first kappa shape index (κ1) is 20.8. The Labute approximate surface area is 178 Å². The molecule has 3 aromatic rings. The quantitative estimate of drug-likeness (QED) is 0.600. The van der Waals surface area contributed by atoms with Gasteiger partial charge in [-0.2, -0.15) is 9.29 Å². The van der Waals surface area contributed by atoms with E-state index < -0.39 is 16.1 Å². The molecular formula is C23H27N3O3S. The average Bonchev–Trinajstić information content (AvgIpc) is 3.36. The Balaban J connectivity index is 1.74. The Morgan fingerprint density at radius 1 is 1.00 bits per heavy atom. The largest absolute Gasteiger partial charge is 0.337 e. The number of benzene rings is 2. The van der Waals surface area contributed by atoms with E-state index in [0.717, 1.165) is 39.8 Å². The van der Waals surface area contributed by atoms with Gasteiger partial charge in [-0.05, 0) is 75.3 Å². The van der Waals surface area contributed by atoms with Gasteiger partial charge in [0.15, 0.2) is 0 Å². The van der Waals surface area contributed by atoms with Gasteiger partial charge in [0.05, 0.1) is 4.90 Å². The van der Waals surface area contributed by atoms with E-state index in [1.165, 1.54) is 4.31 Å². The summed E-state index contributed by atoms with van der Waals surface area (Å²) in [5.41, 5.74) is 5.49. The topological polar surface area (TPSA) is 76.3 Å². The number of hydrogen-bond donors (Lipinski definition) is 0.